The summed E-state index contributed by atoms with van der Waals surface area (Å²) >= 11 is 0. The van der Waals surface area contributed by atoms with Gasteiger partial charge in [0.05, 0.1) is 0 Å². The number of unbranched alkanes of at least 4 members (excludes halogenated alkanes) is 1. The first-order chi connectivity index (χ1) is 16.0. The van der Waals surface area contributed by atoms with Crippen molar-refractivity contribution in [1.29, 1.82) is 0 Å². The first-order valence-corrected chi connectivity index (χ1v) is 11.6. The number of nitrogens with zero attached hydrogens (tertiary/aromatic N) is 1. The lowest BCUT2D eigenvalue weighted by atomic mass is 9.98. The molecule has 0 saturated carbocycles. The Hall–Kier alpha value is -3.14. The number of hydrogen-bond donors (Lipinski definition) is 0. The van der Waals surface area contributed by atoms with Gasteiger partial charge in [-0.2, -0.15) is 0 Å². The molecule has 33 heavy (non-hydrogen) atoms. The number of rotatable bonds is 9. The molecular formula is C29H28F3N. The molecule has 0 N–H and O–H groups in total. The van der Waals surface area contributed by atoms with Gasteiger partial charge < -0.3 is 0 Å². The van der Waals surface area contributed by atoms with Crippen LogP contribution in [0.3, 0.4) is 0 Å². The molecule has 4 rings (SSSR count). The fourth-order valence-electron chi connectivity index (χ4n) is 4.11. The third-order valence-corrected chi connectivity index (χ3v) is 6.14. The molecule has 3 aromatic carbocycles. The zero-order valence-corrected chi connectivity index (χ0v) is 18.9. The normalized spacial score (nSPS) is 11.3. The third-order valence-electron chi connectivity index (χ3n) is 6.14. The summed E-state index contributed by atoms with van der Waals surface area (Å²) in [5, 5.41) is 1.45. The number of fused-ring (bicyclic) bond motifs is 1. The smallest absolute Gasteiger partial charge is 0.159 e. The lowest BCUT2D eigenvalue weighted by Gasteiger charge is -2.09. The van der Waals surface area contributed by atoms with Crippen LogP contribution in [0, 0.1) is 17.5 Å². The fourth-order valence-corrected chi connectivity index (χ4v) is 4.11. The molecule has 1 nitrogen and oxygen atoms in total. The topological polar surface area (TPSA) is 12.9 Å². The molecule has 0 atom stereocenters. The van der Waals surface area contributed by atoms with Crippen molar-refractivity contribution in [3.8, 4) is 0 Å². The lowest BCUT2D eigenvalue weighted by molar-refractivity contribution is 0.507. The van der Waals surface area contributed by atoms with Crippen LogP contribution in [-0.2, 0) is 32.1 Å². The van der Waals surface area contributed by atoms with E-state index >= 15 is 4.39 Å². The van der Waals surface area contributed by atoms with Crippen molar-refractivity contribution in [2.45, 2.75) is 51.9 Å². The Labute approximate surface area is 193 Å². The molecule has 4 aromatic rings. The summed E-state index contributed by atoms with van der Waals surface area (Å²) in [7, 11) is 0. The van der Waals surface area contributed by atoms with Crippen molar-refractivity contribution in [3.63, 3.8) is 0 Å². The Kier molecular flexibility index (Phi) is 7.43. The Morgan fingerprint density at radius 2 is 1.42 bits per heavy atom. The summed E-state index contributed by atoms with van der Waals surface area (Å²) in [5.74, 6) is -1.99. The predicted octanol–water partition coefficient (Wildman–Crippen LogP) is 7.57. The molecule has 0 aliphatic rings. The van der Waals surface area contributed by atoms with Gasteiger partial charge in [0.2, 0.25) is 0 Å². The van der Waals surface area contributed by atoms with Crippen LogP contribution in [0.5, 0.6) is 0 Å². The van der Waals surface area contributed by atoms with Gasteiger partial charge in [0, 0.05) is 17.3 Å². The van der Waals surface area contributed by atoms with E-state index in [0.29, 0.717) is 29.4 Å². The molecule has 0 amide bonds. The van der Waals surface area contributed by atoms with E-state index < -0.39 is 11.6 Å². The number of pyridine rings is 1. The minimum Gasteiger partial charge on any atom is -0.261 e. The van der Waals surface area contributed by atoms with Crippen LogP contribution in [0.15, 0.2) is 66.9 Å². The van der Waals surface area contributed by atoms with Crippen molar-refractivity contribution < 1.29 is 13.2 Å². The molecule has 0 saturated heterocycles. The second-order valence-corrected chi connectivity index (χ2v) is 8.60. The highest BCUT2D eigenvalue weighted by Crippen LogP contribution is 2.24. The largest absolute Gasteiger partial charge is 0.261 e. The van der Waals surface area contributed by atoms with Gasteiger partial charge in [-0.25, -0.2) is 13.2 Å². The molecule has 0 radical (unpaired) electrons. The average molecular weight is 448 g/mol. The van der Waals surface area contributed by atoms with Crippen LogP contribution in [0.4, 0.5) is 13.2 Å². The Morgan fingerprint density at radius 3 is 2.18 bits per heavy atom. The summed E-state index contributed by atoms with van der Waals surface area (Å²) in [5.41, 5.74) is 4.72. The van der Waals surface area contributed by atoms with Crippen LogP contribution >= 0.6 is 0 Å². The Bertz CT molecular complexity index is 1230. The van der Waals surface area contributed by atoms with Gasteiger partial charge in [-0.3, -0.25) is 4.98 Å². The maximum atomic E-state index is 15.1. The van der Waals surface area contributed by atoms with E-state index in [1.165, 1.54) is 30.5 Å². The van der Waals surface area contributed by atoms with Crippen LogP contribution < -0.4 is 0 Å². The monoisotopic (exact) mass is 447 g/mol. The highest BCUT2D eigenvalue weighted by Gasteiger charge is 2.10. The second-order valence-electron chi connectivity index (χ2n) is 8.60. The van der Waals surface area contributed by atoms with Crippen molar-refractivity contribution in [2.75, 3.05) is 0 Å². The van der Waals surface area contributed by atoms with Crippen LogP contribution in [0.1, 0.15) is 47.7 Å². The first-order valence-electron chi connectivity index (χ1n) is 11.6. The lowest BCUT2D eigenvalue weighted by Crippen LogP contribution is -1.98. The molecule has 1 aromatic heterocycles. The molecule has 0 aliphatic carbocycles. The standard InChI is InChI=1S/C29H28F3N/c1-2-3-4-22-7-14-25(33-19-22)13-6-20-8-15-26-24(17-20)12-11-23(29(26)32)10-5-21-9-16-27(30)28(31)18-21/h7-9,11-12,14-19H,2-6,10,13H2,1H3. The van der Waals surface area contributed by atoms with Gasteiger partial charge in [-0.15, -0.1) is 0 Å². The molecule has 0 unspecified atom stereocenters. The van der Waals surface area contributed by atoms with E-state index in [-0.39, 0.29) is 5.82 Å². The van der Waals surface area contributed by atoms with Crippen LogP contribution in [-0.4, -0.2) is 4.98 Å². The van der Waals surface area contributed by atoms with Gasteiger partial charge in [0.25, 0.3) is 0 Å². The predicted molar refractivity (Wildman–Crippen MR) is 128 cm³/mol. The number of benzene rings is 3. The van der Waals surface area contributed by atoms with Crippen molar-refractivity contribution >= 4 is 10.8 Å². The van der Waals surface area contributed by atoms with E-state index in [1.54, 1.807) is 6.07 Å². The van der Waals surface area contributed by atoms with Gasteiger partial charge in [-0.1, -0.05) is 55.8 Å². The number of hydrogen-bond acceptors (Lipinski definition) is 1. The van der Waals surface area contributed by atoms with E-state index in [9.17, 15) is 8.78 Å². The van der Waals surface area contributed by atoms with Gasteiger partial charge >= 0.3 is 0 Å². The van der Waals surface area contributed by atoms with Crippen molar-refractivity contribution in [1.82, 2.24) is 4.98 Å². The summed E-state index contributed by atoms with van der Waals surface area (Å²) in [6.45, 7) is 2.19. The van der Waals surface area contributed by atoms with Gasteiger partial charge in [0.15, 0.2) is 11.6 Å². The van der Waals surface area contributed by atoms with E-state index in [0.717, 1.165) is 42.0 Å². The highest BCUT2D eigenvalue weighted by molar-refractivity contribution is 5.84. The second kappa shape index (κ2) is 10.7. The fraction of sp³-hybridized carbons (Fsp3) is 0.276. The zero-order valence-electron chi connectivity index (χ0n) is 18.9. The molecule has 4 heteroatoms. The highest BCUT2D eigenvalue weighted by atomic mass is 19.2. The molecule has 0 fully saturated rings. The Morgan fingerprint density at radius 1 is 0.667 bits per heavy atom. The molecule has 0 aliphatic heterocycles. The van der Waals surface area contributed by atoms with Crippen molar-refractivity contribution in [3.05, 3.63) is 112 Å². The molecular weight excluding hydrogens is 419 g/mol. The number of aromatic nitrogens is 1. The maximum absolute atomic E-state index is 15.1. The van der Waals surface area contributed by atoms with E-state index in [1.807, 2.05) is 30.5 Å². The summed E-state index contributed by atoms with van der Waals surface area (Å²) < 4.78 is 41.6. The summed E-state index contributed by atoms with van der Waals surface area (Å²) in [6.07, 6.45) is 7.97. The number of halogens is 3. The summed E-state index contributed by atoms with van der Waals surface area (Å²) in [4.78, 5) is 4.59. The third kappa shape index (κ3) is 5.81. The molecule has 170 valence electrons. The molecule has 0 bridgehead atoms. The van der Waals surface area contributed by atoms with Crippen LogP contribution in [0.2, 0.25) is 0 Å². The van der Waals surface area contributed by atoms with Crippen LogP contribution in [0.25, 0.3) is 10.8 Å². The maximum Gasteiger partial charge on any atom is 0.159 e. The minimum absolute atomic E-state index is 0.244. The quantitative estimate of drug-likeness (QED) is 0.258. The van der Waals surface area contributed by atoms with E-state index in [2.05, 4.69) is 24.0 Å². The zero-order chi connectivity index (χ0) is 23.2. The summed E-state index contributed by atoms with van der Waals surface area (Å²) in [6, 6.07) is 17.7. The Balaban J connectivity index is 1.41. The minimum atomic E-state index is -0.873. The molecule has 0 spiro atoms. The van der Waals surface area contributed by atoms with Crippen molar-refractivity contribution in [2.24, 2.45) is 0 Å². The molecule has 1 heterocycles. The van der Waals surface area contributed by atoms with Gasteiger partial charge in [0.1, 0.15) is 5.82 Å². The SMILES string of the molecule is CCCCc1ccc(CCc2ccc3c(F)c(CCc4ccc(F)c(F)c4)ccc3c2)nc1. The average Bonchev–Trinajstić information content (AvgIpc) is 2.83. The van der Waals surface area contributed by atoms with Gasteiger partial charge in [-0.05, 0) is 84.4 Å². The first kappa shape index (κ1) is 23.0. The number of aryl methyl sites for hydroxylation is 5. The van der Waals surface area contributed by atoms with E-state index in [4.69, 9.17) is 0 Å².